The number of alkyl halides is 8. The van der Waals surface area contributed by atoms with E-state index in [1.807, 2.05) is 0 Å². The molecule has 270 valence electrons. The fourth-order valence-electron chi connectivity index (χ4n) is 4.45. The molecule has 5 rings (SSSR count). The van der Waals surface area contributed by atoms with E-state index in [4.69, 9.17) is 4.74 Å². The second kappa shape index (κ2) is 14.5. The van der Waals surface area contributed by atoms with Crippen LogP contribution < -0.4 is 25.2 Å². The number of halogens is 8. The molecule has 1 saturated heterocycles. The van der Waals surface area contributed by atoms with E-state index in [2.05, 4.69) is 30.7 Å². The van der Waals surface area contributed by atoms with Gasteiger partial charge in [-0.25, -0.2) is 19.9 Å². The Labute approximate surface area is 287 Å². The van der Waals surface area contributed by atoms with Crippen LogP contribution in [0.5, 0.6) is 11.5 Å². The van der Waals surface area contributed by atoms with Crippen molar-refractivity contribution in [3.05, 3.63) is 84.2 Å². The molecule has 2 N–H and O–H groups in total. The molecular formula is C31H25F8N7O4S. The number of aromatic nitrogens is 3. The maximum absolute atomic E-state index is 13.2. The number of carbonyl (C=O) groups excluding carboxylic acids is 2. The molecule has 1 aliphatic heterocycles. The first-order chi connectivity index (χ1) is 23.9. The Hall–Kier alpha value is -5.24. The van der Waals surface area contributed by atoms with E-state index in [-0.39, 0.29) is 28.2 Å². The summed E-state index contributed by atoms with van der Waals surface area (Å²) in [5, 5.41) is 4.25. The summed E-state index contributed by atoms with van der Waals surface area (Å²) < 4.78 is 112. The number of anilines is 1. The van der Waals surface area contributed by atoms with Crippen LogP contribution in [0, 0.1) is 6.92 Å². The van der Waals surface area contributed by atoms with Crippen LogP contribution >= 0.6 is 11.8 Å². The van der Waals surface area contributed by atoms with E-state index < -0.39 is 48.8 Å². The standard InChI is InChI=1S/C31H25F8N7O4S/c1-17-3-12-24(49-15-29(32,33)34)23(13-17)46-25(47)14-51-28(46)41-27(48)43-42-18(2)19-4-6-20(7-5-19)26-40-16-45(44-26)21-8-10-22(11-9-21)50-31(38,39)30(35,36)37/h3-13,16,18,42H,14-15H2,1-2H3,(H,43,48). The Balaban J connectivity index is 1.20. The summed E-state index contributed by atoms with van der Waals surface area (Å²) in [7, 11) is 0. The molecule has 1 unspecified atom stereocenters. The summed E-state index contributed by atoms with van der Waals surface area (Å²) in [6.07, 6.45) is -14.5. The average Bonchev–Trinajstić information content (AvgIpc) is 3.69. The van der Waals surface area contributed by atoms with E-state index in [9.17, 15) is 44.7 Å². The zero-order chi connectivity index (χ0) is 37.1. The maximum Gasteiger partial charge on any atom is 0.499 e. The van der Waals surface area contributed by atoms with Crippen LogP contribution in [-0.2, 0) is 4.79 Å². The van der Waals surface area contributed by atoms with Crippen molar-refractivity contribution in [3.8, 4) is 28.6 Å². The summed E-state index contributed by atoms with van der Waals surface area (Å²) in [6, 6.07) is 14.1. The quantitative estimate of drug-likeness (QED) is 0.130. The van der Waals surface area contributed by atoms with Gasteiger partial charge in [0.2, 0.25) is 5.91 Å². The summed E-state index contributed by atoms with van der Waals surface area (Å²) in [5.74, 6) is -1.25. The van der Waals surface area contributed by atoms with E-state index in [0.717, 1.165) is 28.8 Å². The third-order valence-corrected chi connectivity index (χ3v) is 7.87. The maximum atomic E-state index is 13.2. The van der Waals surface area contributed by atoms with Crippen molar-refractivity contribution in [1.82, 2.24) is 25.6 Å². The second-order valence-corrected chi connectivity index (χ2v) is 11.8. The Morgan fingerprint density at radius 3 is 2.33 bits per heavy atom. The highest BCUT2D eigenvalue weighted by Gasteiger charge is 2.61. The molecule has 0 bridgehead atoms. The topological polar surface area (TPSA) is 123 Å². The van der Waals surface area contributed by atoms with Gasteiger partial charge in [-0.3, -0.25) is 15.1 Å². The molecule has 0 aliphatic carbocycles. The largest absolute Gasteiger partial charge is 0.499 e. The number of urea groups is 1. The van der Waals surface area contributed by atoms with Gasteiger partial charge in [-0.05, 0) is 61.4 Å². The Morgan fingerprint density at radius 2 is 1.69 bits per heavy atom. The van der Waals surface area contributed by atoms with Crippen molar-refractivity contribution < 1.29 is 54.2 Å². The van der Waals surface area contributed by atoms with Crippen molar-refractivity contribution >= 4 is 34.6 Å². The number of aliphatic imine (C=N–C) groups is 1. The number of ether oxygens (including phenoxy) is 2. The Morgan fingerprint density at radius 1 is 1.00 bits per heavy atom. The average molecular weight is 744 g/mol. The molecule has 4 aromatic rings. The van der Waals surface area contributed by atoms with Crippen LogP contribution in [-0.4, -0.2) is 62.7 Å². The van der Waals surface area contributed by atoms with Crippen molar-refractivity contribution in [2.24, 2.45) is 4.99 Å². The molecule has 0 spiro atoms. The highest BCUT2D eigenvalue weighted by atomic mass is 32.2. The molecule has 1 atom stereocenters. The van der Waals surface area contributed by atoms with E-state index in [0.29, 0.717) is 22.4 Å². The van der Waals surface area contributed by atoms with Gasteiger partial charge in [0.1, 0.15) is 17.8 Å². The number of amidine groups is 1. The third kappa shape index (κ3) is 9.11. The molecule has 3 aromatic carbocycles. The molecule has 1 aromatic heterocycles. The first-order valence-electron chi connectivity index (χ1n) is 14.6. The Kier molecular flexibility index (Phi) is 10.6. The van der Waals surface area contributed by atoms with Gasteiger partial charge in [-0.15, -0.1) is 5.10 Å². The summed E-state index contributed by atoms with van der Waals surface area (Å²) in [4.78, 5) is 34.6. The van der Waals surface area contributed by atoms with Crippen molar-refractivity contribution in [1.29, 1.82) is 0 Å². The van der Waals surface area contributed by atoms with Gasteiger partial charge in [0.25, 0.3) is 0 Å². The number of nitrogens with one attached hydrogen (secondary N) is 2. The summed E-state index contributed by atoms with van der Waals surface area (Å²) in [6.45, 7) is 1.83. The fraction of sp³-hybridized carbons (Fsp3) is 0.258. The third-order valence-electron chi connectivity index (χ3n) is 6.94. The molecular weight excluding hydrogens is 718 g/mol. The normalized spacial score (nSPS) is 15.3. The number of nitrogens with zero attached hydrogens (tertiary/aromatic N) is 5. The predicted molar refractivity (Wildman–Crippen MR) is 169 cm³/mol. The lowest BCUT2D eigenvalue weighted by molar-refractivity contribution is -0.360. The molecule has 1 aliphatic rings. The fourth-order valence-corrected chi connectivity index (χ4v) is 5.31. The van der Waals surface area contributed by atoms with Gasteiger partial charge in [-0.2, -0.15) is 40.1 Å². The van der Waals surface area contributed by atoms with Crippen LogP contribution in [0.2, 0.25) is 0 Å². The summed E-state index contributed by atoms with van der Waals surface area (Å²) in [5.41, 5.74) is 7.43. The number of thioether (sulfide) groups is 1. The Bertz CT molecular complexity index is 1920. The zero-order valence-electron chi connectivity index (χ0n) is 26.2. The van der Waals surface area contributed by atoms with Crippen LogP contribution in [0.15, 0.2) is 78.0 Å². The summed E-state index contributed by atoms with van der Waals surface area (Å²) >= 11 is 0.930. The van der Waals surface area contributed by atoms with E-state index in [1.165, 1.54) is 41.3 Å². The van der Waals surface area contributed by atoms with Gasteiger partial charge >= 0.3 is 24.5 Å². The monoisotopic (exact) mass is 743 g/mol. The number of rotatable bonds is 10. The van der Waals surface area contributed by atoms with Crippen LogP contribution in [0.25, 0.3) is 17.1 Å². The smallest absolute Gasteiger partial charge is 0.482 e. The zero-order valence-corrected chi connectivity index (χ0v) is 27.0. The lowest BCUT2D eigenvalue weighted by atomic mass is 10.1. The number of aryl methyl sites for hydroxylation is 1. The van der Waals surface area contributed by atoms with Crippen molar-refractivity contribution in [2.45, 2.75) is 38.4 Å². The van der Waals surface area contributed by atoms with Gasteiger partial charge in [0.15, 0.2) is 17.6 Å². The molecule has 0 saturated carbocycles. The van der Waals surface area contributed by atoms with E-state index >= 15 is 0 Å². The molecule has 2 heterocycles. The van der Waals surface area contributed by atoms with Crippen LogP contribution in [0.1, 0.15) is 24.1 Å². The number of amides is 3. The SMILES string of the molecule is Cc1ccc(OCC(F)(F)F)c(N2C(=O)CSC2=NC(=O)NNC(C)c2ccc(-c3ncn(-c4ccc(OC(F)(F)C(F)(F)F)cc4)n3)cc2)c1. The van der Waals surface area contributed by atoms with Gasteiger partial charge in [0.05, 0.1) is 17.1 Å². The molecule has 0 radical (unpaired) electrons. The van der Waals surface area contributed by atoms with Gasteiger partial charge < -0.3 is 9.47 Å². The first-order valence-corrected chi connectivity index (χ1v) is 15.5. The number of hydrogen-bond acceptors (Lipinski definition) is 8. The van der Waals surface area contributed by atoms with Gasteiger partial charge in [0, 0.05) is 11.6 Å². The molecule has 51 heavy (non-hydrogen) atoms. The molecule has 3 amide bonds. The number of carbonyl (C=O) groups is 2. The lowest BCUT2D eigenvalue weighted by Crippen LogP contribution is -2.41. The lowest BCUT2D eigenvalue weighted by Gasteiger charge is -2.21. The first kappa shape index (κ1) is 37.0. The molecule has 11 nitrogen and oxygen atoms in total. The van der Waals surface area contributed by atoms with E-state index in [1.54, 1.807) is 38.1 Å². The minimum atomic E-state index is -5.88. The molecule has 20 heteroatoms. The minimum Gasteiger partial charge on any atom is -0.482 e. The number of hydrogen-bond donors (Lipinski definition) is 2. The molecule has 1 fully saturated rings. The highest BCUT2D eigenvalue weighted by molar-refractivity contribution is 8.15. The van der Waals surface area contributed by atoms with Crippen LogP contribution in [0.3, 0.4) is 0 Å². The van der Waals surface area contributed by atoms with Crippen molar-refractivity contribution in [3.63, 3.8) is 0 Å². The van der Waals surface area contributed by atoms with Gasteiger partial charge in [-0.1, -0.05) is 42.1 Å². The predicted octanol–water partition coefficient (Wildman–Crippen LogP) is 7.13. The second-order valence-electron chi connectivity index (χ2n) is 10.8. The minimum absolute atomic E-state index is 0.0150. The number of hydrazine groups is 1. The number of benzene rings is 3. The van der Waals surface area contributed by atoms with Crippen molar-refractivity contribution in [2.75, 3.05) is 17.3 Å². The highest BCUT2D eigenvalue weighted by Crippen LogP contribution is 2.38. The van der Waals surface area contributed by atoms with Crippen LogP contribution in [0.4, 0.5) is 45.6 Å².